The summed E-state index contributed by atoms with van der Waals surface area (Å²) in [4.78, 5) is 9.69. The molecule has 0 aliphatic heterocycles. The summed E-state index contributed by atoms with van der Waals surface area (Å²) >= 11 is 1.57. The van der Waals surface area contributed by atoms with E-state index >= 15 is 0 Å². The maximum absolute atomic E-state index is 4.56. The fraction of sp³-hybridized carbons (Fsp3) is 0.200. The monoisotopic (exact) mass is 299 g/mol. The van der Waals surface area contributed by atoms with Gasteiger partial charge >= 0.3 is 0 Å². The topological polar surface area (TPSA) is 63.6 Å². The molecule has 0 aliphatic rings. The summed E-state index contributed by atoms with van der Waals surface area (Å²) in [6.07, 6.45) is 3.45. The van der Waals surface area contributed by atoms with Crippen molar-refractivity contribution in [2.45, 2.75) is 20.8 Å². The number of nitrogens with zero attached hydrogens (tertiary/aromatic N) is 4. The Morgan fingerprint density at radius 3 is 2.67 bits per heavy atom. The van der Waals surface area contributed by atoms with Crippen LogP contribution in [0.3, 0.4) is 0 Å². The van der Waals surface area contributed by atoms with Crippen LogP contribution in [0, 0.1) is 6.92 Å². The van der Waals surface area contributed by atoms with Gasteiger partial charge in [-0.25, -0.2) is 4.98 Å². The SMILES string of the molecule is CC.Cc1cc(Nc2cccnn2)nc(-c2cncs2)c1. The normalized spacial score (nSPS) is 9.67. The second-order valence-corrected chi connectivity index (χ2v) is 4.90. The maximum atomic E-state index is 4.56. The molecule has 1 N–H and O–H groups in total. The Kier molecular flexibility index (Phi) is 5.34. The van der Waals surface area contributed by atoms with Crippen molar-refractivity contribution in [3.8, 4) is 10.6 Å². The van der Waals surface area contributed by atoms with Crippen LogP contribution in [-0.2, 0) is 0 Å². The summed E-state index contributed by atoms with van der Waals surface area (Å²) in [7, 11) is 0. The summed E-state index contributed by atoms with van der Waals surface area (Å²) in [6.45, 7) is 6.04. The number of hydrogen-bond donors (Lipinski definition) is 1. The summed E-state index contributed by atoms with van der Waals surface area (Å²) in [6, 6.07) is 7.69. The molecule has 0 radical (unpaired) electrons. The Morgan fingerprint density at radius 1 is 1.14 bits per heavy atom. The van der Waals surface area contributed by atoms with Gasteiger partial charge in [-0.1, -0.05) is 13.8 Å². The van der Waals surface area contributed by atoms with Gasteiger partial charge in [0.1, 0.15) is 5.82 Å². The number of aryl methyl sites for hydroxylation is 1. The summed E-state index contributed by atoms with van der Waals surface area (Å²) in [5.41, 5.74) is 3.84. The van der Waals surface area contributed by atoms with Crippen molar-refractivity contribution in [1.29, 1.82) is 0 Å². The van der Waals surface area contributed by atoms with E-state index in [0.29, 0.717) is 5.82 Å². The zero-order valence-corrected chi connectivity index (χ0v) is 13.1. The first kappa shape index (κ1) is 15.1. The molecule has 5 nitrogen and oxygen atoms in total. The van der Waals surface area contributed by atoms with Crippen LogP contribution in [0.15, 0.2) is 42.2 Å². The van der Waals surface area contributed by atoms with E-state index in [9.17, 15) is 0 Å². The molecule has 0 spiro atoms. The molecule has 0 atom stereocenters. The Hall–Kier alpha value is -2.34. The van der Waals surface area contributed by atoms with E-state index < -0.39 is 0 Å². The highest BCUT2D eigenvalue weighted by Gasteiger charge is 2.05. The van der Waals surface area contributed by atoms with Crippen LogP contribution in [0.25, 0.3) is 10.6 Å². The van der Waals surface area contributed by atoms with Crippen molar-refractivity contribution in [1.82, 2.24) is 20.2 Å². The fourth-order valence-corrected chi connectivity index (χ4v) is 2.28. The first-order valence-electron chi connectivity index (χ1n) is 6.73. The van der Waals surface area contributed by atoms with Crippen LogP contribution in [0.1, 0.15) is 19.4 Å². The Bertz CT molecular complexity index is 668. The minimum atomic E-state index is 0.677. The minimum absolute atomic E-state index is 0.677. The van der Waals surface area contributed by atoms with E-state index in [0.717, 1.165) is 22.0 Å². The first-order valence-corrected chi connectivity index (χ1v) is 7.61. The Morgan fingerprint density at radius 2 is 2.00 bits per heavy atom. The Balaban J connectivity index is 0.000000774. The van der Waals surface area contributed by atoms with E-state index in [1.165, 1.54) is 0 Å². The molecule has 0 aliphatic carbocycles. The fourth-order valence-electron chi connectivity index (χ4n) is 1.70. The number of rotatable bonds is 3. The van der Waals surface area contributed by atoms with Crippen LogP contribution in [0.4, 0.5) is 11.6 Å². The largest absolute Gasteiger partial charge is 0.323 e. The molecule has 6 heteroatoms. The zero-order valence-electron chi connectivity index (χ0n) is 12.2. The van der Waals surface area contributed by atoms with Crippen LogP contribution in [0.5, 0.6) is 0 Å². The van der Waals surface area contributed by atoms with Crippen LogP contribution in [-0.4, -0.2) is 20.2 Å². The number of hydrogen-bond acceptors (Lipinski definition) is 6. The van der Waals surface area contributed by atoms with Gasteiger partial charge in [0.25, 0.3) is 0 Å². The van der Waals surface area contributed by atoms with E-state index in [1.807, 2.05) is 51.2 Å². The van der Waals surface area contributed by atoms with Crippen molar-refractivity contribution in [2.75, 3.05) is 5.32 Å². The molecule has 0 aromatic carbocycles. The highest BCUT2D eigenvalue weighted by Crippen LogP contribution is 2.24. The molecule has 0 saturated heterocycles. The molecule has 0 amide bonds. The molecule has 0 unspecified atom stereocenters. The minimum Gasteiger partial charge on any atom is -0.323 e. The van der Waals surface area contributed by atoms with E-state index in [2.05, 4.69) is 25.5 Å². The lowest BCUT2D eigenvalue weighted by molar-refractivity contribution is 1.03. The second-order valence-electron chi connectivity index (χ2n) is 4.01. The third-order valence-electron chi connectivity index (χ3n) is 2.48. The molecule has 0 fully saturated rings. The lowest BCUT2D eigenvalue weighted by atomic mass is 10.2. The van der Waals surface area contributed by atoms with Gasteiger partial charge in [-0.15, -0.1) is 16.4 Å². The van der Waals surface area contributed by atoms with E-state index in [-0.39, 0.29) is 0 Å². The van der Waals surface area contributed by atoms with Crippen LogP contribution in [0.2, 0.25) is 0 Å². The van der Waals surface area contributed by atoms with Gasteiger partial charge in [0.05, 0.1) is 16.1 Å². The van der Waals surface area contributed by atoms with E-state index in [4.69, 9.17) is 0 Å². The van der Waals surface area contributed by atoms with Gasteiger partial charge in [0.15, 0.2) is 5.82 Å². The molecule has 0 bridgehead atoms. The lowest BCUT2D eigenvalue weighted by Crippen LogP contribution is -1.98. The molecular weight excluding hydrogens is 282 g/mol. The smallest absolute Gasteiger partial charge is 0.154 e. The molecule has 3 aromatic rings. The number of anilines is 2. The highest BCUT2D eigenvalue weighted by molar-refractivity contribution is 7.13. The molecule has 3 rings (SSSR count). The number of pyridine rings is 1. The van der Waals surface area contributed by atoms with Crippen molar-refractivity contribution >= 4 is 23.0 Å². The van der Waals surface area contributed by atoms with Crippen molar-refractivity contribution in [3.05, 3.63) is 47.7 Å². The molecule has 3 heterocycles. The van der Waals surface area contributed by atoms with Crippen molar-refractivity contribution < 1.29 is 0 Å². The van der Waals surface area contributed by atoms with Gasteiger partial charge in [-0.3, -0.25) is 4.98 Å². The van der Waals surface area contributed by atoms with Crippen molar-refractivity contribution in [3.63, 3.8) is 0 Å². The zero-order chi connectivity index (χ0) is 15.1. The predicted octanol–water partition coefficient (Wildman–Crippen LogP) is 4.07. The molecule has 3 aromatic heterocycles. The van der Waals surface area contributed by atoms with Gasteiger partial charge < -0.3 is 5.32 Å². The van der Waals surface area contributed by atoms with Gasteiger partial charge in [0.2, 0.25) is 0 Å². The van der Waals surface area contributed by atoms with Crippen molar-refractivity contribution in [2.24, 2.45) is 0 Å². The molecule has 108 valence electrons. The third kappa shape index (κ3) is 4.06. The van der Waals surface area contributed by atoms with Crippen LogP contribution < -0.4 is 5.32 Å². The third-order valence-corrected chi connectivity index (χ3v) is 3.28. The summed E-state index contributed by atoms with van der Waals surface area (Å²) < 4.78 is 0. The number of thiazole rings is 1. The summed E-state index contributed by atoms with van der Waals surface area (Å²) in [5, 5.41) is 11.0. The average Bonchev–Trinajstić information content (AvgIpc) is 3.04. The quantitative estimate of drug-likeness (QED) is 0.789. The lowest BCUT2D eigenvalue weighted by Gasteiger charge is -2.07. The maximum Gasteiger partial charge on any atom is 0.154 e. The number of aromatic nitrogens is 4. The highest BCUT2D eigenvalue weighted by atomic mass is 32.1. The molecule has 21 heavy (non-hydrogen) atoms. The number of nitrogens with one attached hydrogen (secondary N) is 1. The molecule has 0 saturated carbocycles. The van der Waals surface area contributed by atoms with Crippen LogP contribution >= 0.6 is 11.3 Å². The second kappa shape index (κ2) is 7.44. The predicted molar refractivity (Wildman–Crippen MR) is 86.7 cm³/mol. The van der Waals surface area contributed by atoms with Gasteiger partial charge in [0, 0.05) is 12.4 Å². The first-order chi connectivity index (χ1) is 10.3. The standard InChI is InChI=1S/C13H11N5S.C2H6/c1-9-5-10(11-7-14-8-19-11)16-13(6-9)17-12-3-2-4-15-18-12;1-2/h2-8H,1H3,(H,16,17,18);1-2H3. The van der Waals surface area contributed by atoms with E-state index in [1.54, 1.807) is 23.0 Å². The summed E-state index contributed by atoms with van der Waals surface area (Å²) in [5.74, 6) is 1.43. The van der Waals surface area contributed by atoms with Gasteiger partial charge in [-0.05, 0) is 36.8 Å². The van der Waals surface area contributed by atoms with Gasteiger partial charge in [-0.2, -0.15) is 5.10 Å². The molecular formula is C15H17N5S. The Labute approximate surface area is 128 Å². The average molecular weight is 299 g/mol.